The van der Waals surface area contributed by atoms with E-state index in [0.29, 0.717) is 5.69 Å². The number of hydrogen-bond acceptors (Lipinski definition) is 2. The number of anilines is 2. The van der Waals surface area contributed by atoms with Crippen LogP contribution in [0.5, 0.6) is 5.75 Å². The molecular weight excluding hydrogens is 228 g/mol. The lowest BCUT2D eigenvalue weighted by Crippen LogP contribution is -2.19. The lowest BCUT2D eigenvalue weighted by Gasteiger charge is -2.09. The van der Waals surface area contributed by atoms with E-state index in [4.69, 9.17) is 5.11 Å². The second-order valence-electron chi connectivity index (χ2n) is 3.94. The Morgan fingerprint density at radius 2 is 1.67 bits per heavy atom. The van der Waals surface area contributed by atoms with Crippen molar-refractivity contribution in [3.63, 3.8) is 0 Å². The minimum Gasteiger partial charge on any atom is -0.508 e. The molecule has 0 spiro atoms. The second kappa shape index (κ2) is 5.23. The number of phenolic OH excluding ortho intramolecular Hbond substituents is 1. The average Bonchev–Trinajstić information content (AvgIpc) is 2.35. The van der Waals surface area contributed by atoms with Gasteiger partial charge in [-0.3, -0.25) is 0 Å². The zero-order valence-electron chi connectivity index (χ0n) is 9.97. The Bertz CT molecular complexity index is 550. The predicted octanol–water partition coefficient (Wildman–Crippen LogP) is 3.34. The fourth-order valence-corrected chi connectivity index (χ4v) is 1.54. The highest BCUT2D eigenvalue weighted by Crippen LogP contribution is 2.16. The third-order valence-electron chi connectivity index (χ3n) is 2.52. The van der Waals surface area contributed by atoms with E-state index in [1.54, 1.807) is 12.1 Å². The van der Waals surface area contributed by atoms with Gasteiger partial charge in [0.1, 0.15) is 5.75 Å². The molecule has 0 aliphatic heterocycles. The van der Waals surface area contributed by atoms with E-state index < -0.39 is 0 Å². The molecule has 0 bridgehead atoms. The van der Waals surface area contributed by atoms with Gasteiger partial charge in [-0.15, -0.1) is 0 Å². The average molecular weight is 242 g/mol. The molecule has 4 nitrogen and oxygen atoms in total. The van der Waals surface area contributed by atoms with Crippen molar-refractivity contribution >= 4 is 17.4 Å². The summed E-state index contributed by atoms with van der Waals surface area (Å²) in [5.41, 5.74) is 2.39. The van der Waals surface area contributed by atoms with Crippen molar-refractivity contribution < 1.29 is 9.90 Å². The van der Waals surface area contributed by atoms with Crippen molar-refractivity contribution in [3.05, 3.63) is 54.1 Å². The van der Waals surface area contributed by atoms with Crippen LogP contribution in [0, 0.1) is 6.92 Å². The highest BCUT2D eigenvalue weighted by atomic mass is 16.3. The summed E-state index contributed by atoms with van der Waals surface area (Å²) in [6, 6.07) is 13.5. The quantitative estimate of drug-likeness (QED) is 0.707. The molecule has 18 heavy (non-hydrogen) atoms. The molecule has 2 aromatic carbocycles. The van der Waals surface area contributed by atoms with Gasteiger partial charge in [0, 0.05) is 11.4 Å². The highest BCUT2D eigenvalue weighted by Gasteiger charge is 2.04. The van der Waals surface area contributed by atoms with Crippen molar-refractivity contribution in [2.45, 2.75) is 6.92 Å². The van der Waals surface area contributed by atoms with Gasteiger partial charge in [0.25, 0.3) is 0 Å². The Morgan fingerprint density at radius 3 is 2.33 bits per heavy atom. The number of rotatable bonds is 2. The van der Waals surface area contributed by atoms with Crippen LogP contribution in [0.1, 0.15) is 5.56 Å². The van der Waals surface area contributed by atoms with Gasteiger partial charge in [0.05, 0.1) is 0 Å². The summed E-state index contributed by atoms with van der Waals surface area (Å²) in [5.74, 6) is 0.167. The smallest absolute Gasteiger partial charge is 0.323 e. The molecule has 4 heteroatoms. The normalized spacial score (nSPS) is 9.83. The summed E-state index contributed by atoms with van der Waals surface area (Å²) in [7, 11) is 0. The van der Waals surface area contributed by atoms with Gasteiger partial charge in [0.15, 0.2) is 0 Å². The Morgan fingerprint density at radius 1 is 1.00 bits per heavy atom. The molecule has 0 aromatic heterocycles. The van der Waals surface area contributed by atoms with Crippen molar-refractivity contribution in [1.82, 2.24) is 0 Å². The SMILES string of the molecule is Cc1ccccc1NC(=O)Nc1ccc(O)cc1. The van der Waals surface area contributed by atoms with Crippen LogP contribution >= 0.6 is 0 Å². The van der Waals surface area contributed by atoms with Crippen molar-refractivity contribution in [2.75, 3.05) is 10.6 Å². The minimum absolute atomic E-state index is 0.167. The molecule has 2 rings (SSSR count). The number of benzene rings is 2. The number of hydrogen-bond donors (Lipinski definition) is 3. The first-order valence-electron chi connectivity index (χ1n) is 5.58. The summed E-state index contributed by atoms with van der Waals surface area (Å²) < 4.78 is 0. The van der Waals surface area contributed by atoms with E-state index in [9.17, 15) is 4.79 Å². The first kappa shape index (κ1) is 12.0. The fraction of sp³-hybridized carbons (Fsp3) is 0.0714. The van der Waals surface area contributed by atoms with Crippen LogP contribution in [0.2, 0.25) is 0 Å². The van der Waals surface area contributed by atoms with Crippen LogP contribution in [0.15, 0.2) is 48.5 Å². The third kappa shape index (κ3) is 3.01. The van der Waals surface area contributed by atoms with Gasteiger partial charge in [0.2, 0.25) is 0 Å². The Kier molecular flexibility index (Phi) is 3.48. The summed E-state index contributed by atoms with van der Waals surface area (Å²) in [5, 5.41) is 14.6. The minimum atomic E-state index is -0.310. The Labute approximate surface area is 105 Å². The van der Waals surface area contributed by atoms with Gasteiger partial charge in [-0.1, -0.05) is 18.2 Å². The molecule has 0 fully saturated rings. The first-order chi connectivity index (χ1) is 8.65. The molecule has 0 saturated carbocycles. The molecule has 3 N–H and O–H groups in total. The molecule has 0 aliphatic carbocycles. The van der Waals surface area contributed by atoms with E-state index in [2.05, 4.69) is 10.6 Å². The van der Waals surface area contributed by atoms with E-state index in [0.717, 1.165) is 11.3 Å². The van der Waals surface area contributed by atoms with Gasteiger partial charge < -0.3 is 15.7 Å². The van der Waals surface area contributed by atoms with Gasteiger partial charge in [-0.25, -0.2) is 4.79 Å². The molecule has 0 radical (unpaired) electrons. The largest absolute Gasteiger partial charge is 0.508 e. The van der Waals surface area contributed by atoms with E-state index in [1.807, 2.05) is 31.2 Å². The summed E-state index contributed by atoms with van der Waals surface area (Å²) in [6.07, 6.45) is 0. The predicted molar refractivity (Wildman–Crippen MR) is 71.9 cm³/mol. The first-order valence-corrected chi connectivity index (χ1v) is 5.58. The summed E-state index contributed by atoms with van der Waals surface area (Å²) >= 11 is 0. The molecule has 0 unspecified atom stereocenters. The Balaban J connectivity index is 2.01. The highest BCUT2D eigenvalue weighted by molar-refractivity contribution is 6.00. The third-order valence-corrected chi connectivity index (χ3v) is 2.52. The van der Waals surface area contributed by atoms with E-state index >= 15 is 0 Å². The maximum atomic E-state index is 11.7. The summed E-state index contributed by atoms with van der Waals surface area (Å²) in [6.45, 7) is 1.93. The van der Waals surface area contributed by atoms with Gasteiger partial charge in [-0.05, 0) is 42.8 Å². The standard InChI is InChI=1S/C14H14N2O2/c1-10-4-2-3-5-13(10)16-14(18)15-11-6-8-12(17)9-7-11/h2-9,17H,1H3,(H2,15,16,18). The van der Waals surface area contributed by atoms with Crippen LogP contribution in [-0.2, 0) is 0 Å². The molecule has 2 amide bonds. The number of para-hydroxylation sites is 1. The monoisotopic (exact) mass is 242 g/mol. The molecule has 0 heterocycles. The van der Waals surface area contributed by atoms with Crippen LogP contribution in [0.4, 0.5) is 16.2 Å². The van der Waals surface area contributed by atoms with Crippen molar-refractivity contribution in [3.8, 4) is 5.75 Å². The lowest BCUT2D eigenvalue weighted by atomic mass is 10.2. The molecule has 0 atom stereocenters. The number of carbonyl (C=O) groups is 1. The molecule has 0 saturated heterocycles. The molecule has 92 valence electrons. The van der Waals surface area contributed by atoms with Crippen LogP contribution in [-0.4, -0.2) is 11.1 Å². The number of aromatic hydroxyl groups is 1. The number of carbonyl (C=O) groups excluding carboxylic acids is 1. The topological polar surface area (TPSA) is 61.4 Å². The van der Waals surface area contributed by atoms with Crippen LogP contribution in [0.3, 0.4) is 0 Å². The Hall–Kier alpha value is -2.49. The number of phenols is 1. The van der Waals surface area contributed by atoms with Crippen LogP contribution < -0.4 is 10.6 Å². The molecule has 2 aromatic rings. The number of aryl methyl sites for hydroxylation is 1. The number of amides is 2. The van der Waals surface area contributed by atoms with E-state index in [-0.39, 0.29) is 11.8 Å². The maximum Gasteiger partial charge on any atom is 0.323 e. The fourth-order valence-electron chi connectivity index (χ4n) is 1.54. The van der Waals surface area contributed by atoms with Gasteiger partial charge in [-0.2, -0.15) is 0 Å². The van der Waals surface area contributed by atoms with Crippen LogP contribution in [0.25, 0.3) is 0 Å². The number of nitrogens with one attached hydrogen (secondary N) is 2. The second-order valence-corrected chi connectivity index (χ2v) is 3.94. The van der Waals surface area contributed by atoms with Gasteiger partial charge >= 0.3 is 6.03 Å². The summed E-state index contributed by atoms with van der Waals surface area (Å²) in [4.78, 5) is 11.7. The zero-order chi connectivity index (χ0) is 13.0. The zero-order valence-corrected chi connectivity index (χ0v) is 9.97. The maximum absolute atomic E-state index is 11.7. The van der Waals surface area contributed by atoms with E-state index in [1.165, 1.54) is 12.1 Å². The number of urea groups is 1. The lowest BCUT2D eigenvalue weighted by molar-refractivity contribution is 0.262. The van der Waals surface area contributed by atoms with Crippen molar-refractivity contribution in [2.24, 2.45) is 0 Å². The van der Waals surface area contributed by atoms with Crippen molar-refractivity contribution in [1.29, 1.82) is 0 Å². The molecule has 0 aliphatic rings. The molecular formula is C14H14N2O2.